The van der Waals surface area contributed by atoms with E-state index < -0.39 is 17.6 Å². The molecular weight excluding hydrogens is 328 g/mol. The second-order valence-electron chi connectivity index (χ2n) is 5.15. The highest BCUT2D eigenvalue weighted by Gasteiger charge is 2.31. The number of benzene rings is 2. The van der Waals surface area contributed by atoms with Gasteiger partial charge >= 0.3 is 6.18 Å². The summed E-state index contributed by atoms with van der Waals surface area (Å²) in [4.78, 5) is 0. The number of hydrogen-bond donors (Lipinski definition) is 2. The lowest BCUT2D eigenvalue weighted by Gasteiger charge is -2.14. The normalized spacial score (nSPS) is 11.2. The lowest BCUT2D eigenvalue weighted by molar-refractivity contribution is -0.137. The minimum Gasteiger partial charge on any atom is -0.332 e. The molecule has 7 heteroatoms. The second kappa shape index (κ2) is 6.54. The maximum atomic E-state index is 13.7. The van der Waals surface area contributed by atoms with Gasteiger partial charge in [0.25, 0.3) is 0 Å². The summed E-state index contributed by atoms with van der Waals surface area (Å²) in [5, 5.41) is 5.29. The lowest BCUT2D eigenvalue weighted by atomic mass is 10.1. The molecule has 122 valence electrons. The first kappa shape index (κ1) is 17.2. The van der Waals surface area contributed by atoms with E-state index in [1.807, 2.05) is 32.0 Å². The van der Waals surface area contributed by atoms with E-state index in [0.717, 1.165) is 17.2 Å². The molecule has 2 N–H and O–H groups in total. The van der Waals surface area contributed by atoms with Gasteiger partial charge in [0.15, 0.2) is 5.11 Å². The zero-order valence-electron chi connectivity index (χ0n) is 12.4. The minimum atomic E-state index is -4.55. The fourth-order valence-electron chi connectivity index (χ4n) is 2.13. The first-order valence-corrected chi connectivity index (χ1v) is 7.09. The highest BCUT2D eigenvalue weighted by molar-refractivity contribution is 7.80. The van der Waals surface area contributed by atoms with Gasteiger partial charge in [-0.3, -0.25) is 0 Å². The molecule has 0 saturated heterocycles. The molecule has 0 spiro atoms. The highest BCUT2D eigenvalue weighted by Crippen LogP contribution is 2.31. The van der Waals surface area contributed by atoms with Gasteiger partial charge in [-0.2, -0.15) is 13.2 Å². The number of alkyl halides is 3. The van der Waals surface area contributed by atoms with Gasteiger partial charge in [0.05, 0.1) is 11.3 Å². The third kappa shape index (κ3) is 4.66. The van der Waals surface area contributed by atoms with Crippen LogP contribution in [0.25, 0.3) is 0 Å². The number of hydrogen-bond acceptors (Lipinski definition) is 1. The fourth-order valence-corrected chi connectivity index (χ4v) is 2.36. The first-order chi connectivity index (χ1) is 10.6. The van der Waals surface area contributed by atoms with Crippen molar-refractivity contribution in [3.05, 3.63) is 58.9 Å². The van der Waals surface area contributed by atoms with E-state index in [-0.39, 0.29) is 10.8 Å². The molecule has 0 aliphatic heterocycles. The van der Waals surface area contributed by atoms with Crippen LogP contribution < -0.4 is 10.6 Å². The van der Waals surface area contributed by atoms with Crippen molar-refractivity contribution in [2.24, 2.45) is 0 Å². The van der Waals surface area contributed by atoms with Crippen molar-refractivity contribution >= 4 is 28.7 Å². The van der Waals surface area contributed by atoms with Gasteiger partial charge in [0.1, 0.15) is 5.82 Å². The Morgan fingerprint density at radius 3 is 2.13 bits per heavy atom. The van der Waals surface area contributed by atoms with Crippen molar-refractivity contribution in [1.29, 1.82) is 0 Å². The summed E-state index contributed by atoms with van der Waals surface area (Å²) in [6.07, 6.45) is -4.55. The van der Waals surface area contributed by atoms with E-state index in [1.165, 1.54) is 0 Å². The van der Waals surface area contributed by atoms with Crippen molar-refractivity contribution < 1.29 is 17.6 Å². The van der Waals surface area contributed by atoms with E-state index in [4.69, 9.17) is 12.2 Å². The molecule has 0 amide bonds. The summed E-state index contributed by atoms with van der Waals surface area (Å²) in [6.45, 7) is 3.81. The van der Waals surface area contributed by atoms with Gasteiger partial charge < -0.3 is 10.6 Å². The van der Waals surface area contributed by atoms with Gasteiger partial charge in [0, 0.05) is 5.69 Å². The van der Waals surface area contributed by atoms with Crippen molar-refractivity contribution in [2.75, 3.05) is 10.6 Å². The maximum Gasteiger partial charge on any atom is 0.416 e. The summed E-state index contributed by atoms with van der Waals surface area (Å²) >= 11 is 5.03. The molecule has 0 aliphatic carbocycles. The van der Waals surface area contributed by atoms with Crippen LogP contribution in [0.2, 0.25) is 0 Å². The van der Waals surface area contributed by atoms with Crippen LogP contribution in [0, 0.1) is 19.7 Å². The zero-order chi connectivity index (χ0) is 17.2. The minimum absolute atomic E-state index is 0.00762. The maximum absolute atomic E-state index is 13.7. The number of anilines is 2. The van der Waals surface area contributed by atoms with Crippen LogP contribution in [0.1, 0.15) is 16.7 Å². The Kier molecular flexibility index (Phi) is 4.89. The van der Waals surface area contributed by atoms with Crippen molar-refractivity contribution in [2.45, 2.75) is 20.0 Å². The SMILES string of the molecule is Cc1cc(C)cc(NC(=S)Nc2cc(C(F)(F)F)ccc2F)c1. The molecule has 23 heavy (non-hydrogen) atoms. The largest absolute Gasteiger partial charge is 0.416 e. The Morgan fingerprint density at radius 1 is 0.957 bits per heavy atom. The van der Waals surface area contributed by atoms with Crippen LogP contribution in [-0.2, 0) is 6.18 Å². The number of halogens is 4. The molecule has 0 aromatic heterocycles. The molecule has 2 nitrogen and oxygen atoms in total. The Morgan fingerprint density at radius 2 is 1.57 bits per heavy atom. The summed E-state index contributed by atoms with van der Waals surface area (Å²) in [5.74, 6) is -0.817. The lowest BCUT2D eigenvalue weighted by Crippen LogP contribution is -2.20. The molecule has 0 aliphatic rings. The van der Waals surface area contributed by atoms with Crippen LogP contribution in [0.15, 0.2) is 36.4 Å². The van der Waals surface area contributed by atoms with Crippen molar-refractivity contribution in [3.63, 3.8) is 0 Å². The van der Waals surface area contributed by atoms with Crippen molar-refractivity contribution in [1.82, 2.24) is 0 Å². The van der Waals surface area contributed by atoms with Gasteiger partial charge in [-0.15, -0.1) is 0 Å². The molecule has 2 aromatic carbocycles. The highest BCUT2D eigenvalue weighted by atomic mass is 32.1. The van der Waals surface area contributed by atoms with Crippen LogP contribution in [0.4, 0.5) is 28.9 Å². The smallest absolute Gasteiger partial charge is 0.332 e. The molecule has 0 heterocycles. The summed E-state index contributed by atoms with van der Waals surface area (Å²) in [6, 6.07) is 7.73. The first-order valence-electron chi connectivity index (χ1n) is 6.68. The number of nitrogens with one attached hydrogen (secondary N) is 2. The Hall–Kier alpha value is -2.15. The monoisotopic (exact) mass is 342 g/mol. The number of thiocarbonyl (C=S) groups is 1. The summed E-state index contributed by atoms with van der Waals surface area (Å²) in [7, 11) is 0. The fraction of sp³-hybridized carbons (Fsp3) is 0.188. The number of aryl methyl sites for hydroxylation is 2. The van der Waals surface area contributed by atoms with Crippen LogP contribution in [0.3, 0.4) is 0 Å². The van der Waals surface area contributed by atoms with Crippen LogP contribution in [-0.4, -0.2) is 5.11 Å². The molecule has 2 rings (SSSR count). The van der Waals surface area contributed by atoms with Crippen molar-refractivity contribution in [3.8, 4) is 0 Å². The molecule has 0 radical (unpaired) electrons. The molecule has 0 unspecified atom stereocenters. The van der Waals surface area contributed by atoms with Crippen LogP contribution in [0.5, 0.6) is 0 Å². The van der Waals surface area contributed by atoms with Gasteiger partial charge in [-0.1, -0.05) is 6.07 Å². The zero-order valence-corrected chi connectivity index (χ0v) is 13.2. The van der Waals surface area contributed by atoms with E-state index in [9.17, 15) is 17.6 Å². The van der Waals surface area contributed by atoms with Crippen LogP contribution >= 0.6 is 12.2 Å². The summed E-state index contributed by atoms with van der Waals surface area (Å²) in [5.41, 5.74) is 1.39. The second-order valence-corrected chi connectivity index (χ2v) is 5.56. The standard InChI is InChI=1S/C16H14F4N2S/c1-9-5-10(2)7-12(6-9)21-15(23)22-14-8-11(16(18,19)20)3-4-13(14)17/h3-8H,1-2H3,(H2,21,22,23). The molecule has 2 aromatic rings. The van der Waals surface area contributed by atoms with E-state index in [1.54, 1.807) is 0 Å². The van der Waals surface area contributed by atoms with E-state index >= 15 is 0 Å². The summed E-state index contributed by atoms with van der Waals surface area (Å²) < 4.78 is 51.7. The average Bonchev–Trinajstić information content (AvgIpc) is 2.38. The van der Waals surface area contributed by atoms with E-state index in [0.29, 0.717) is 17.8 Å². The van der Waals surface area contributed by atoms with E-state index in [2.05, 4.69) is 10.6 Å². The Balaban J connectivity index is 2.17. The molecule has 0 atom stereocenters. The third-order valence-electron chi connectivity index (χ3n) is 3.02. The topological polar surface area (TPSA) is 24.1 Å². The number of rotatable bonds is 2. The predicted octanol–water partition coefficient (Wildman–Crippen LogP) is 5.27. The Labute approximate surface area is 136 Å². The molecule has 0 saturated carbocycles. The van der Waals surface area contributed by atoms with Gasteiger partial charge in [-0.05, 0) is 67.5 Å². The average molecular weight is 342 g/mol. The third-order valence-corrected chi connectivity index (χ3v) is 3.23. The molecule has 0 bridgehead atoms. The predicted molar refractivity (Wildman–Crippen MR) is 87.2 cm³/mol. The quantitative estimate of drug-likeness (QED) is 0.574. The van der Waals surface area contributed by atoms with Gasteiger partial charge in [0.2, 0.25) is 0 Å². The molecular formula is C16H14F4N2S. The Bertz CT molecular complexity index is 721. The molecule has 0 fully saturated rings. The van der Waals surface area contributed by atoms with Gasteiger partial charge in [-0.25, -0.2) is 4.39 Å².